The Morgan fingerprint density at radius 3 is 2.38 bits per heavy atom. The van der Waals surface area contributed by atoms with Crippen molar-refractivity contribution in [3.05, 3.63) is 46.4 Å². The molecule has 0 saturated heterocycles. The number of aromatic nitrogens is 2. The molecule has 4 nitrogen and oxygen atoms in total. The van der Waals surface area contributed by atoms with E-state index in [0.717, 1.165) is 11.4 Å². The molecule has 0 spiro atoms. The third kappa shape index (κ3) is 1.39. The van der Waals surface area contributed by atoms with Gasteiger partial charge in [-0.2, -0.15) is 0 Å². The van der Waals surface area contributed by atoms with Crippen molar-refractivity contribution in [3.63, 3.8) is 0 Å². The highest BCUT2D eigenvalue weighted by Crippen LogP contribution is 2.15. The molecule has 1 aromatic carbocycles. The van der Waals surface area contributed by atoms with Gasteiger partial charge in [-0.1, -0.05) is 18.2 Å². The second kappa shape index (κ2) is 3.81. The molecule has 0 saturated carbocycles. The summed E-state index contributed by atoms with van der Waals surface area (Å²) in [7, 11) is 1.83. The highest BCUT2D eigenvalue weighted by Gasteiger charge is 2.13. The highest BCUT2D eigenvalue weighted by molar-refractivity contribution is 5.49. The fourth-order valence-electron chi connectivity index (χ4n) is 1.74. The van der Waals surface area contributed by atoms with Crippen molar-refractivity contribution in [2.75, 3.05) is 0 Å². The van der Waals surface area contributed by atoms with Gasteiger partial charge in [-0.05, 0) is 25.8 Å². The lowest BCUT2D eigenvalue weighted by Gasteiger charge is -2.07. The number of nitrogens with zero attached hydrogens (tertiary/aromatic N) is 3. The fraction of sp³-hybridized carbons (Fsp3) is 0.167. The van der Waals surface area contributed by atoms with Crippen LogP contribution < -0.4 is 5.56 Å². The predicted molar refractivity (Wildman–Crippen MR) is 65.0 cm³/mol. The van der Waals surface area contributed by atoms with E-state index in [9.17, 15) is 4.79 Å². The lowest BCUT2D eigenvalue weighted by Crippen LogP contribution is -2.19. The van der Waals surface area contributed by atoms with E-state index in [-0.39, 0.29) is 5.56 Å². The van der Waals surface area contributed by atoms with Gasteiger partial charge in [0.05, 0.1) is 11.4 Å². The van der Waals surface area contributed by atoms with Crippen molar-refractivity contribution < 1.29 is 0 Å². The first kappa shape index (κ1) is 10.4. The van der Waals surface area contributed by atoms with Crippen LogP contribution in [0.2, 0.25) is 0 Å². The lowest BCUT2D eigenvalue weighted by atomic mass is 10.3. The minimum atomic E-state index is -0.138. The number of hydrogen-bond acceptors (Lipinski definition) is 2. The number of rotatable bonds is 2. The smallest absolute Gasteiger partial charge is 0.283 e. The zero-order chi connectivity index (χ0) is 11.7. The summed E-state index contributed by atoms with van der Waals surface area (Å²) in [4.78, 5) is 15.8. The highest BCUT2D eigenvalue weighted by atomic mass is 16.1. The molecule has 2 rings (SSSR count). The molecule has 0 aliphatic carbocycles. The molecule has 16 heavy (non-hydrogen) atoms. The van der Waals surface area contributed by atoms with Gasteiger partial charge in [0.25, 0.3) is 5.56 Å². The summed E-state index contributed by atoms with van der Waals surface area (Å²) in [5.41, 5.74) is 1.91. The number of aliphatic imine (C=N–C) groups is 1. The number of benzene rings is 1. The molecule has 1 aromatic heterocycles. The largest absolute Gasteiger partial charge is 0.297 e. The van der Waals surface area contributed by atoms with Crippen LogP contribution in [-0.4, -0.2) is 16.1 Å². The second-order valence-corrected chi connectivity index (χ2v) is 3.57. The van der Waals surface area contributed by atoms with Crippen molar-refractivity contribution in [3.8, 4) is 5.69 Å². The maximum atomic E-state index is 12.1. The van der Waals surface area contributed by atoms with E-state index in [2.05, 4.69) is 11.7 Å². The maximum absolute atomic E-state index is 12.1. The Kier molecular flexibility index (Phi) is 2.48. The predicted octanol–water partition coefficient (Wildman–Crippen LogP) is 1.82. The van der Waals surface area contributed by atoms with Gasteiger partial charge in [-0.3, -0.25) is 14.5 Å². The quantitative estimate of drug-likeness (QED) is 0.704. The summed E-state index contributed by atoms with van der Waals surface area (Å²) in [5, 5.41) is 0. The Morgan fingerprint density at radius 2 is 1.88 bits per heavy atom. The topological polar surface area (TPSA) is 39.3 Å². The Morgan fingerprint density at radius 1 is 1.25 bits per heavy atom. The van der Waals surface area contributed by atoms with Crippen LogP contribution in [0.3, 0.4) is 0 Å². The Bertz CT molecular complexity index is 578. The van der Waals surface area contributed by atoms with Crippen LogP contribution in [-0.2, 0) is 7.05 Å². The molecule has 1 heterocycles. The van der Waals surface area contributed by atoms with Crippen LogP contribution in [0.5, 0.6) is 0 Å². The molecule has 0 radical (unpaired) electrons. The van der Waals surface area contributed by atoms with Crippen molar-refractivity contribution in [1.29, 1.82) is 0 Å². The molecule has 4 heteroatoms. The van der Waals surface area contributed by atoms with Gasteiger partial charge in [0.15, 0.2) is 5.69 Å². The Balaban J connectivity index is 2.77. The van der Waals surface area contributed by atoms with E-state index in [0.29, 0.717) is 5.69 Å². The van der Waals surface area contributed by atoms with E-state index >= 15 is 0 Å². The van der Waals surface area contributed by atoms with Crippen LogP contribution in [0.15, 0.2) is 40.1 Å². The van der Waals surface area contributed by atoms with Gasteiger partial charge >= 0.3 is 0 Å². The molecule has 0 N–H and O–H groups in total. The summed E-state index contributed by atoms with van der Waals surface area (Å²) in [5.74, 6) is 0. The Labute approximate surface area is 93.5 Å². The molecular weight excluding hydrogens is 202 g/mol. The standard InChI is InChI=1S/C12H13N3O/c1-9-11(13-2)12(16)15(14(9)3)10-7-5-4-6-8-10/h4-8H,2H2,1,3H3. The van der Waals surface area contributed by atoms with Crippen molar-refractivity contribution in [2.24, 2.45) is 12.0 Å². The van der Waals surface area contributed by atoms with Crippen molar-refractivity contribution in [2.45, 2.75) is 6.92 Å². The van der Waals surface area contributed by atoms with Crippen LogP contribution in [0.25, 0.3) is 5.69 Å². The van der Waals surface area contributed by atoms with E-state index in [4.69, 9.17) is 0 Å². The molecule has 2 aromatic rings. The van der Waals surface area contributed by atoms with Crippen molar-refractivity contribution in [1.82, 2.24) is 9.36 Å². The normalized spacial score (nSPS) is 10.4. The molecule has 0 unspecified atom stereocenters. The molecule has 0 aliphatic rings. The molecule has 0 aliphatic heterocycles. The molecule has 0 fully saturated rings. The minimum Gasteiger partial charge on any atom is -0.283 e. The van der Waals surface area contributed by atoms with Crippen LogP contribution in [0.4, 0.5) is 5.69 Å². The van der Waals surface area contributed by atoms with Gasteiger partial charge in [0, 0.05) is 7.05 Å². The van der Waals surface area contributed by atoms with Gasteiger partial charge in [-0.15, -0.1) is 0 Å². The first-order valence-corrected chi connectivity index (χ1v) is 4.97. The lowest BCUT2D eigenvalue weighted by molar-refractivity contribution is 0.630. The first-order valence-electron chi connectivity index (χ1n) is 4.97. The molecule has 0 atom stereocenters. The molecule has 0 amide bonds. The SMILES string of the molecule is C=Nc1c(C)n(C)n(-c2ccccc2)c1=O. The molecular formula is C12H13N3O. The Hall–Kier alpha value is -2.10. The minimum absolute atomic E-state index is 0.138. The molecule has 0 bridgehead atoms. The molecule has 82 valence electrons. The first-order chi connectivity index (χ1) is 7.66. The van der Waals surface area contributed by atoms with Crippen LogP contribution in [0.1, 0.15) is 5.69 Å². The summed E-state index contributed by atoms with van der Waals surface area (Å²) < 4.78 is 3.36. The van der Waals surface area contributed by atoms with E-state index < -0.39 is 0 Å². The zero-order valence-electron chi connectivity index (χ0n) is 9.34. The average Bonchev–Trinajstić information content (AvgIpc) is 2.51. The van der Waals surface area contributed by atoms with Gasteiger partial charge in [-0.25, -0.2) is 4.68 Å². The average molecular weight is 215 g/mol. The van der Waals surface area contributed by atoms with Crippen LogP contribution >= 0.6 is 0 Å². The second-order valence-electron chi connectivity index (χ2n) is 3.57. The van der Waals surface area contributed by atoms with Crippen LogP contribution in [0, 0.1) is 6.92 Å². The maximum Gasteiger partial charge on any atom is 0.297 e. The summed E-state index contributed by atoms with van der Waals surface area (Å²) in [6.07, 6.45) is 0. The van der Waals surface area contributed by atoms with Gasteiger partial charge in [0.1, 0.15) is 0 Å². The van der Waals surface area contributed by atoms with Crippen molar-refractivity contribution >= 4 is 12.4 Å². The van der Waals surface area contributed by atoms with Gasteiger partial charge < -0.3 is 0 Å². The number of hydrogen-bond donors (Lipinski definition) is 0. The summed E-state index contributed by atoms with van der Waals surface area (Å²) in [6, 6.07) is 9.47. The third-order valence-corrected chi connectivity index (χ3v) is 2.68. The van der Waals surface area contributed by atoms with E-state index in [1.807, 2.05) is 44.3 Å². The summed E-state index contributed by atoms with van der Waals surface area (Å²) >= 11 is 0. The monoisotopic (exact) mass is 215 g/mol. The third-order valence-electron chi connectivity index (χ3n) is 2.68. The zero-order valence-corrected chi connectivity index (χ0v) is 9.34. The van der Waals surface area contributed by atoms with Gasteiger partial charge in [0.2, 0.25) is 0 Å². The summed E-state index contributed by atoms with van der Waals surface area (Å²) in [6.45, 7) is 5.28. The van der Waals surface area contributed by atoms with E-state index in [1.165, 1.54) is 0 Å². The fourth-order valence-corrected chi connectivity index (χ4v) is 1.74. The number of para-hydroxylation sites is 1. The van der Waals surface area contributed by atoms with E-state index in [1.54, 1.807) is 9.36 Å².